The molecule has 0 bridgehead atoms. The quantitative estimate of drug-likeness (QED) is 0.672. The van der Waals surface area contributed by atoms with Gasteiger partial charge in [-0.3, -0.25) is 9.36 Å². The first-order valence-corrected chi connectivity index (χ1v) is 7.03. The van der Waals surface area contributed by atoms with Gasteiger partial charge in [-0.2, -0.15) is 5.26 Å². The van der Waals surface area contributed by atoms with Gasteiger partial charge in [0, 0.05) is 6.07 Å². The summed E-state index contributed by atoms with van der Waals surface area (Å²) in [5, 5.41) is 9.25. The van der Waals surface area contributed by atoms with Crippen molar-refractivity contribution in [3.05, 3.63) is 57.9 Å². The Morgan fingerprint density at radius 3 is 2.71 bits per heavy atom. The number of hydrogen-bond donors (Lipinski definition) is 0. The highest BCUT2D eigenvalue weighted by Gasteiger charge is 2.14. The number of fused-ring (bicyclic) bond motifs is 1. The summed E-state index contributed by atoms with van der Waals surface area (Å²) in [5.74, 6) is -0.158. The molecule has 0 aliphatic rings. The normalized spacial score (nSPS) is 10.6. The topological polar surface area (TPSA) is 67.9 Å². The van der Waals surface area contributed by atoms with E-state index in [-0.39, 0.29) is 22.2 Å². The fourth-order valence-corrected chi connectivity index (χ4v) is 2.59. The molecule has 0 spiro atoms. The Morgan fingerprint density at radius 1 is 1.33 bits per heavy atom. The molecule has 0 amide bonds. The van der Waals surface area contributed by atoms with Crippen LogP contribution in [0.5, 0.6) is 5.75 Å². The first-order chi connectivity index (χ1) is 11.5. The van der Waals surface area contributed by atoms with Crippen molar-refractivity contribution in [1.82, 2.24) is 9.55 Å². The van der Waals surface area contributed by atoms with Crippen molar-refractivity contribution in [2.24, 2.45) is 0 Å². The van der Waals surface area contributed by atoms with Gasteiger partial charge in [0.2, 0.25) is 0 Å². The summed E-state index contributed by atoms with van der Waals surface area (Å²) in [4.78, 5) is 17.2. The standard InChI is InChI=1S/C17H11BFN3O2/c1-9-21-16-12(5-10(8-20)6-13(16)18)17(23)22(9)11-3-4-15(24-2)14(19)7-11/h3-7H,1-2H3. The molecule has 7 heteroatoms. The summed E-state index contributed by atoms with van der Waals surface area (Å²) in [6.07, 6.45) is 0. The van der Waals surface area contributed by atoms with Crippen molar-refractivity contribution >= 4 is 24.2 Å². The Morgan fingerprint density at radius 2 is 2.08 bits per heavy atom. The monoisotopic (exact) mass is 319 g/mol. The Balaban J connectivity index is 2.35. The molecule has 0 fully saturated rings. The van der Waals surface area contributed by atoms with Gasteiger partial charge in [-0.1, -0.05) is 5.46 Å². The lowest BCUT2D eigenvalue weighted by molar-refractivity contribution is 0.386. The predicted molar refractivity (Wildman–Crippen MR) is 88.7 cm³/mol. The van der Waals surface area contributed by atoms with Crippen LogP contribution in [0.2, 0.25) is 0 Å². The smallest absolute Gasteiger partial charge is 0.265 e. The Labute approximate surface area is 138 Å². The predicted octanol–water partition coefficient (Wildman–Crippen LogP) is 1.51. The minimum Gasteiger partial charge on any atom is -0.494 e. The van der Waals surface area contributed by atoms with E-state index in [4.69, 9.17) is 17.8 Å². The van der Waals surface area contributed by atoms with E-state index in [0.29, 0.717) is 17.0 Å². The highest BCUT2D eigenvalue weighted by Crippen LogP contribution is 2.20. The van der Waals surface area contributed by atoms with Crippen molar-refractivity contribution in [2.75, 3.05) is 7.11 Å². The zero-order valence-corrected chi connectivity index (χ0v) is 13.0. The number of benzene rings is 2. The summed E-state index contributed by atoms with van der Waals surface area (Å²) < 4.78 is 20.1. The summed E-state index contributed by atoms with van der Waals surface area (Å²) in [6.45, 7) is 1.63. The van der Waals surface area contributed by atoms with E-state index < -0.39 is 11.4 Å². The molecule has 1 heterocycles. The van der Waals surface area contributed by atoms with E-state index in [1.54, 1.807) is 13.0 Å². The maximum absolute atomic E-state index is 14.0. The molecule has 2 aromatic carbocycles. The maximum Gasteiger partial charge on any atom is 0.265 e. The molecule has 0 unspecified atom stereocenters. The van der Waals surface area contributed by atoms with Gasteiger partial charge >= 0.3 is 0 Å². The third kappa shape index (κ3) is 2.42. The lowest BCUT2D eigenvalue weighted by atomic mass is 9.91. The molecule has 0 aliphatic carbocycles. The van der Waals surface area contributed by atoms with E-state index in [0.717, 1.165) is 0 Å². The van der Waals surface area contributed by atoms with Crippen LogP contribution in [0.4, 0.5) is 4.39 Å². The van der Waals surface area contributed by atoms with Crippen LogP contribution in [0.3, 0.4) is 0 Å². The molecule has 0 saturated heterocycles. The zero-order valence-electron chi connectivity index (χ0n) is 13.0. The van der Waals surface area contributed by atoms with Crippen LogP contribution in [0, 0.1) is 24.1 Å². The molecular formula is C17H11BFN3O2. The molecule has 0 N–H and O–H groups in total. The number of aromatic nitrogens is 2. The van der Waals surface area contributed by atoms with Crippen LogP contribution in [0.15, 0.2) is 35.1 Å². The Bertz CT molecular complexity index is 1070. The van der Waals surface area contributed by atoms with Crippen LogP contribution in [0.25, 0.3) is 16.6 Å². The second kappa shape index (κ2) is 5.82. The molecule has 1 aromatic heterocycles. The zero-order chi connectivity index (χ0) is 17.4. The number of nitrogens with zero attached hydrogens (tertiary/aromatic N) is 3. The van der Waals surface area contributed by atoms with E-state index in [1.807, 2.05) is 6.07 Å². The van der Waals surface area contributed by atoms with E-state index in [2.05, 4.69) is 4.98 Å². The summed E-state index contributed by atoms with van der Waals surface area (Å²) in [5.41, 5.74) is 0.714. The van der Waals surface area contributed by atoms with Crippen molar-refractivity contribution in [2.45, 2.75) is 6.92 Å². The molecule has 3 rings (SSSR count). The van der Waals surface area contributed by atoms with Gasteiger partial charge in [-0.15, -0.1) is 0 Å². The van der Waals surface area contributed by atoms with Gasteiger partial charge < -0.3 is 4.74 Å². The third-order valence-electron chi connectivity index (χ3n) is 3.69. The third-order valence-corrected chi connectivity index (χ3v) is 3.69. The molecule has 0 saturated carbocycles. The fraction of sp³-hybridized carbons (Fsp3) is 0.118. The average Bonchev–Trinajstić information content (AvgIpc) is 2.56. The van der Waals surface area contributed by atoms with Gasteiger partial charge in [0.25, 0.3) is 5.56 Å². The number of hydrogen-bond acceptors (Lipinski definition) is 4. The van der Waals surface area contributed by atoms with Crippen LogP contribution >= 0.6 is 0 Å². The fourth-order valence-electron chi connectivity index (χ4n) is 2.59. The highest BCUT2D eigenvalue weighted by atomic mass is 19.1. The summed E-state index contributed by atoms with van der Waals surface area (Å²) in [7, 11) is 7.24. The summed E-state index contributed by atoms with van der Waals surface area (Å²) >= 11 is 0. The first kappa shape index (κ1) is 15.7. The van der Waals surface area contributed by atoms with E-state index in [9.17, 15) is 9.18 Å². The Kier molecular flexibility index (Phi) is 3.82. The number of rotatable bonds is 2. The van der Waals surface area contributed by atoms with Crippen molar-refractivity contribution in [3.63, 3.8) is 0 Å². The molecule has 2 radical (unpaired) electrons. The SMILES string of the molecule is [B]c1cc(C#N)cc2c(=O)n(-c3ccc(OC)c(F)c3)c(C)nc12. The van der Waals surface area contributed by atoms with E-state index in [1.165, 1.54) is 35.9 Å². The molecule has 3 aromatic rings. The highest BCUT2D eigenvalue weighted by molar-refractivity contribution is 6.38. The minimum atomic E-state index is -0.591. The summed E-state index contributed by atoms with van der Waals surface area (Å²) in [6, 6.07) is 9.02. The van der Waals surface area contributed by atoms with Crippen LogP contribution in [-0.2, 0) is 0 Å². The molecular weight excluding hydrogens is 308 g/mol. The van der Waals surface area contributed by atoms with E-state index >= 15 is 0 Å². The van der Waals surface area contributed by atoms with Crippen molar-refractivity contribution in [3.8, 4) is 17.5 Å². The molecule has 5 nitrogen and oxygen atoms in total. The van der Waals surface area contributed by atoms with Crippen molar-refractivity contribution in [1.29, 1.82) is 5.26 Å². The average molecular weight is 319 g/mol. The Hall–Kier alpha value is -3.14. The lowest BCUT2D eigenvalue weighted by Crippen LogP contribution is -2.25. The van der Waals surface area contributed by atoms with Crippen molar-refractivity contribution < 1.29 is 9.13 Å². The lowest BCUT2D eigenvalue weighted by Gasteiger charge is -2.13. The minimum absolute atomic E-state index is 0.0780. The number of ether oxygens (including phenoxy) is 1. The van der Waals surface area contributed by atoms with Crippen LogP contribution in [0.1, 0.15) is 11.4 Å². The largest absolute Gasteiger partial charge is 0.494 e. The second-order valence-corrected chi connectivity index (χ2v) is 5.19. The van der Waals surface area contributed by atoms with Gasteiger partial charge in [0.15, 0.2) is 11.6 Å². The van der Waals surface area contributed by atoms with Gasteiger partial charge in [0.1, 0.15) is 13.7 Å². The second-order valence-electron chi connectivity index (χ2n) is 5.19. The molecule has 24 heavy (non-hydrogen) atoms. The maximum atomic E-state index is 14.0. The number of nitriles is 1. The number of aryl methyl sites for hydroxylation is 1. The molecule has 0 atom stereocenters. The van der Waals surface area contributed by atoms with Crippen LogP contribution < -0.4 is 15.8 Å². The molecule has 0 aliphatic heterocycles. The van der Waals surface area contributed by atoms with Crippen LogP contribution in [-0.4, -0.2) is 24.5 Å². The number of methoxy groups -OCH3 is 1. The molecule has 116 valence electrons. The number of halogens is 1. The van der Waals surface area contributed by atoms with Gasteiger partial charge in [-0.05, 0) is 31.2 Å². The van der Waals surface area contributed by atoms with Gasteiger partial charge in [0.05, 0.1) is 35.3 Å². The first-order valence-electron chi connectivity index (χ1n) is 7.03. The van der Waals surface area contributed by atoms with Gasteiger partial charge in [-0.25, -0.2) is 9.37 Å².